The number of alkyl halides is 3. The van der Waals surface area contributed by atoms with E-state index < -0.39 is 17.6 Å². The molecule has 3 nitrogen and oxygen atoms in total. The van der Waals surface area contributed by atoms with Crippen LogP contribution in [0.1, 0.15) is 16.7 Å². The third kappa shape index (κ3) is 3.86. The Morgan fingerprint density at radius 3 is 2.55 bits per heavy atom. The molecule has 8 heteroatoms. The van der Waals surface area contributed by atoms with Gasteiger partial charge in [0.05, 0.1) is 17.2 Å². The lowest BCUT2D eigenvalue weighted by molar-refractivity contribution is -0.137. The van der Waals surface area contributed by atoms with Gasteiger partial charge in [-0.05, 0) is 18.2 Å². The quantitative estimate of drug-likeness (QED) is 0.621. The van der Waals surface area contributed by atoms with Crippen molar-refractivity contribution in [3.63, 3.8) is 0 Å². The fourth-order valence-electron chi connectivity index (χ4n) is 1.60. The van der Waals surface area contributed by atoms with Crippen LogP contribution in [-0.2, 0) is 12.8 Å². The minimum atomic E-state index is -4.59. The highest BCUT2D eigenvalue weighted by Gasteiger charge is 2.31. The third-order valence-electron chi connectivity index (χ3n) is 2.66. The van der Waals surface area contributed by atoms with Gasteiger partial charge in [-0.15, -0.1) is 0 Å². The van der Waals surface area contributed by atoms with Gasteiger partial charge in [-0.1, -0.05) is 17.7 Å². The molecule has 0 atom stereocenters. The number of hydrogen-bond donors (Lipinski definition) is 0. The van der Waals surface area contributed by atoms with E-state index in [0.29, 0.717) is 12.1 Å². The van der Waals surface area contributed by atoms with Crippen molar-refractivity contribution in [2.75, 3.05) is 0 Å². The van der Waals surface area contributed by atoms with E-state index in [1.807, 2.05) is 0 Å². The Hall–Kier alpha value is -2.33. The first-order valence-corrected chi connectivity index (χ1v) is 6.23. The number of halogens is 5. The summed E-state index contributed by atoms with van der Waals surface area (Å²) in [7, 11) is 0. The number of benzene rings is 1. The van der Waals surface area contributed by atoms with Crippen molar-refractivity contribution in [1.82, 2.24) is 4.98 Å². The molecule has 2 aromatic rings. The van der Waals surface area contributed by atoms with Gasteiger partial charge in [0.15, 0.2) is 0 Å². The molecule has 0 bridgehead atoms. The summed E-state index contributed by atoms with van der Waals surface area (Å²) < 4.78 is 56.6. The fourth-order valence-corrected chi connectivity index (χ4v) is 1.80. The first-order valence-electron chi connectivity index (χ1n) is 5.85. The molecule has 0 amide bonds. The van der Waals surface area contributed by atoms with Crippen LogP contribution in [0, 0.1) is 17.1 Å². The van der Waals surface area contributed by atoms with Crippen LogP contribution in [0.5, 0.6) is 5.88 Å². The number of ether oxygens (including phenoxy) is 1. The second kappa shape index (κ2) is 6.20. The molecule has 0 aliphatic carbocycles. The summed E-state index contributed by atoms with van der Waals surface area (Å²) in [5, 5.41) is 8.23. The normalized spacial score (nSPS) is 11.1. The highest BCUT2D eigenvalue weighted by Crippen LogP contribution is 2.32. The smallest absolute Gasteiger partial charge is 0.416 e. The SMILES string of the molecule is N#Cc1ccc(COc2cc(C(F)(F)F)cc(Cl)n2)c(F)c1. The van der Waals surface area contributed by atoms with E-state index in [1.54, 1.807) is 6.07 Å². The lowest BCUT2D eigenvalue weighted by Crippen LogP contribution is -2.07. The Morgan fingerprint density at radius 1 is 1.23 bits per heavy atom. The number of nitrogens with zero attached hydrogens (tertiary/aromatic N) is 2. The zero-order chi connectivity index (χ0) is 16.3. The van der Waals surface area contributed by atoms with Crippen LogP contribution in [-0.4, -0.2) is 4.98 Å². The molecule has 114 valence electrons. The third-order valence-corrected chi connectivity index (χ3v) is 2.85. The molecular weight excluding hydrogens is 324 g/mol. The summed E-state index contributed by atoms with van der Waals surface area (Å²) in [5.41, 5.74) is -0.807. The van der Waals surface area contributed by atoms with Gasteiger partial charge in [-0.2, -0.15) is 18.4 Å². The highest BCUT2D eigenvalue weighted by molar-refractivity contribution is 6.29. The first kappa shape index (κ1) is 16.0. The van der Waals surface area contributed by atoms with E-state index in [2.05, 4.69) is 4.98 Å². The average Bonchev–Trinajstić information content (AvgIpc) is 2.44. The van der Waals surface area contributed by atoms with Crippen LogP contribution < -0.4 is 4.74 Å². The summed E-state index contributed by atoms with van der Waals surface area (Å²) >= 11 is 5.51. The zero-order valence-corrected chi connectivity index (χ0v) is 11.5. The van der Waals surface area contributed by atoms with Crippen molar-refractivity contribution < 1.29 is 22.3 Å². The summed E-state index contributed by atoms with van der Waals surface area (Å²) in [6, 6.07) is 6.79. The molecule has 1 heterocycles. The van der Waals surface area contributed by atoms with Crippen molar-refractivity contribution in [2.24, 2.45) is 0 Å². The fraction of sp³-hybridized carbons (Fsp3) is 0.143. The van der Waals surface area contributed by atoms with E-state index in [4.69, 9.17) is 21.6 Å². The van der Waals surface area contributed by atoms with Crippen LogP contribution in [0.3, 0.4) is 0 Å². The first-order chi connectivity index (χ1) is 10.3. The molecule has 0 fully saturated rings. The topological polar surface area (TPSA) is 45.9 Å². The van der Waals surface area contributed by atoms with Crippen LogP contribution in [0.15, 0.2) is 30.3 Å². The molecule has 0 saturated carbocycles. The number of nitriles is 1. The second-order valence-corrected chi connectivity index (χ2v) is 4.61. The number of pyridine rings is 1. The van der Waals surface area contributed by atoms with Gasteiger partial charge >= 0.3 is 6.18 Å². The average molecular weight is 331 g/mol. The molecule has 0 spiro atoms. The van der Waals surface area contributed by atoms with Crippen molar-refractivity contribution in [3.8, 4) is 11.9 Å². The molecule has 0 N–H and O–H groups in total. The number of aromatic nitrogens is 1. The second-order valence-electron chi connectivity index (χ2n) is 4.22. The molecule has 2 rings (SSSR count). The zero-order valence-electron chi connectivity index (χ0n) is 10.8. The molecule has 0 unspecified atom stereocenters. The molecule has 0 saturated heterocycles. The predicted octanol–water partition coefficient (Wildman–Crippen LogP) is 4.34. The van der Waals surface area contributed by atoms with E-state index in [1.165, 1.54) is 12.1 Å². The molecule has 1 aromatic carbocycles. The maximum absolute atomic E-state index is 13.6. The maximum Gasteiger partial charge on any atom is 0.416 e. The highest BCUT2D eigenvalue weighted by atomic mass is 35.5. The lowest BCUT2D eigenvalue weighted by Gasteiger charge is -2.10. The van der Waals surface area contributed by atoms with Crippen LogP contribution >= 0.6 is 11.6 Å². The number of rotatable bonds is 3. The van der Waals surface area contributed by atoms with Gasteiger partial charge in [-0.3, -0.25) is 0 Å². The van der Waals surface area contributed by atoms with E-state index >= 15 is 0 Å². The van der Waals surface area contributed by atoms with Gasteiger partial charge in [0.1, 0.15) is 17.6 Å². The Balaban J connectivity index is 2.19. The Kier molecular flexibility index (Phi) is 4.52. The summed E-state index contributed by atoms with van der Waals surface area (Å²) in [4.78, 5) is 3.59. The molecule has 0 aliphatic heterocycles. The Bertz CT molecular complexity index is 741. The predicted molar refractivity (Wildman–Crippen MR) is 69.7 cm³/mol. The molecule has 1 aromatic heterocycles. The standard InChI is InChI=1S/C14H7ClF4N2O/c15-12-4-10(14(17,18)19)5-13(21-12)22-7-9-2-1-8(6-20)3-11(9)16/h1-5H,7H2. The maximum atomic E-state index is 13.6. The Morgan fingerprint density at radius 2 is 1.95 bits per heavy atom. The van der Waals surface area contributed by atoms with E-state index in [9.17, 15) is 17.6 Å². The van der Waals surface area contributed by atoms with E-state index in [-0.39, 0.29) is 28.8 Å². The van der Waals surface area contributed by atoms with Crippen LogP contribution in [0.4, 0.5) is 17.6 Å². The molecule has 0 aliphatic rings. The van der Waals surface area contributed by atoms with Crippen LogP contribution in [0.2, 0.25) is 5.15 Å². The van der Waals surface area contributed by atoms with Gasteiger partial charge in [0, 0.05) is 11.6 Å². The van der Waals surface area contributed by atoms with Gasteiger partial charge < -0.3 is 4.74 Å². The minimum Gasteiger partial charge on any atom is -0.473 e. The minimum absolute atomic E-state index is 0.0781. The Labute approximate surface area is 127 Å². The van der Waals surface area contributed by atoms with Gasteiger partial charge in [0.25, 0.3) is 0 Å². The van der Waals surface area contributed by atoms with Crippen molar-refractivity contribution in [2.45, 2.75) is 12.8 Å². The van der Waals surface area contributed by atoms with Gasteiger partial charge in [0.2, 0.25) is 5.88 Å². The van der Waals surface area contributed by atoms with Crippen LogP contribution in [0.25, 0.3) is 0 Å². The summed E-state index contributed by atoms with van der Waals surface area (Å²) in [6.45, 7) is -0.345. The largest absolute Gasteiger partial charge is 0.473 e. The van der Waals surface area contributed by atoms with Crippen molar-refractivity contribution >= 4 is 11.6 Å². The number of hydrogen-bond acceptors (Lipinski definition) is 3. The monoisotopic (exact) mass is 330 g/mol. The molecule has 0 radical (unpaired) electrons. The molecule has 22 heavy (non-hydrogen) atoms. The van der Waals surface area contributed by atoms with Crippen molar-refractivity contribution in [1.29, 1.82) is 5.26 Å². The summed E-state index contributed by atoms with van der Waals surface area (Å²) in [6.07, 6.45) is -4.59. The van der Waals surface area contributed by atoms with Crippen molar-refractivity contribution in [3.05, 3.63) is 58.0 Å². The summed E-state index contributed by atoms with van der Waals surface area (Å²) in [5.74, 6) is -1.07. The lowest BCUT2D eigenvalue weighted by atomic mass is 10.1. The molecular formula is C14H7ClF4N2O. The van der Waals surface area contributed by atoms with Gasteiger partial charge in [-0.25, -0.2) is 9.37 Å². The van der Waals surface area contributed by atoms with E-state index in [0.717, 1.165) is 6.07 Å².